The van der Waals surface area contributed by atoms with E-state index in [1.54, 1.807) is 11.8 Å². The molecule has 0 heterocycles. The second-order valence-electron chi connectivity index (χ2n) is 3.72. The molecule has 74 valence electrons. The molecule has 0 unspecified atom stereocenters. The zero-order valence-electron chi connectivity index (χ0n) is 8.32. The molecular weight excluding hydrogens is 192 g/mol. The van der Waals surface area contributed by atoms with Crippen LogP contribution >= 0.6 is 11.8 Å². The Bertz CT molecular complexity index is 325. The zero-order valence-corrected chi connectivity index (χ0v) is 9.14. The summed E-state index contributed by atoms with van der Waals surface area (Å²) in [5.41, 5.74) is 0.882. The molecule has 0 aromatic heterocycles. The minimum absolute atomic E-state index is 0.315. The Balaban J connectivity index is 2.11. The number of benzene rings is 1. The van der Waals surface area contributed by atoms with E-state index in [0.29, 0.717) is 11.7 Å². The van der Waals surface area contributed by atoms with Gasteiger partial charge in [-0.05, 0) is 31.2 Å². The molecule has 1 nitrogen and oxygen atoms in total. The van der Waals surface area contributed by atoms with E-state index in [2.05, 4.69) is 0 Å². The largest absolute Gasteiger partial charge is 0.294 e. The van der Waals surface area contributed by atoms with Gasteiger partial charge in [-0.1, -0.05) is 18.6 Å². The van der Waals surface area contributed by atoms with Crippen LogP contribution in [0.4, 0.5) is 0 Å². The van der Waals surface area contributed by atoms with Crippen LogP contribution in [0, 0.1) is 5.92 Å². The third-order valence-corrected chi connectivity index (χ3v) is 3.59. The van der Waals surface area contributed by atoms with E-state index in [1.807, 2.05) is 30.5 Å². The van der Waals surface area contributed by atoms with E-state index < -0.39 is 0 Å². The van der Waals surface area contributed by atoms with Crippen LogP contribution in [0.5, 0.6) is 0 Å². The summed E-state index contributed by atoms with van der Waals surface area (Å²) in [6.07, 6.45) is 5.44. The predicted molar refractivity (Wildman–Crippen MR) is 59.9 cm³/mol. The van der Waals surface area contributed by atoms with Gasteiger partial charge in [-0.25, -0.2) is 0 Å². The van der Waals surface area contributed by atoms with E-state index in [4.69, 9.17) is 0 Å². The number of Topliss-reactive ketones (excluding diaryl/α,β-unsaturated/α-hetero) is 1. The monoisotopic (exact) mass is 206 g/mol. The molecule has 0 N–H and O–H groups in total. The molecule has 2 rings (SSSR count). The van der Waals surface area contributed by atoms with E-state index >= 15 is 0 Å². The average molecular weight is 206 g/mol. The van der Waals surface area contributed by atoms with Crippen molar-refractivity contribution in [3.05, 3.63) is 29.8 Å². The topological polar surface area (TPSA) is 17.1 Å². The Morgan fingerprint density at radius 3 is 2.36 bits per heavy atom. The third kappa shape index (κ3) is 1.85. The summed E-state index contributed by atoms with van der Waals surface area (Å²) in [6, 6.07) is 7.95. The SMILES string of the molecule is CSc1ccc(C(=O)C2CCC2)cc1. The fourth-order valence-corrected chi connectivity index (χ4v) is 2.07. The molecule has 0 saturated heterocycles. The van der Waals surface area contributed by atoms with Crippen molar-refractivity contribution in [2.45, 2.75) is 24.2 Å². The van der Waals surface area contributed by atoms with Crippen LogP contribution in [-0.4, -0.2) is 12.0 Å². The lowest BCUT2D eigenvalue weighted by Crippen LogP contribution is -2.21. The first-order chi connectivity index (χ1) is 6.81. The maximum absolute atomic E-state index is 11.8. The molecule has 1 fully saturated rings. The van der Waals surface area contributed by atoms with E-state index in [0.717, 1.165) is 18.4 Å². The van der Waals surface area contributed by atoms with Crippen LogP contribution in [0.2, 0.25) is 0 Å². The lowest BCUT2D eigenvalue weighted by molar-refractivity contribution is 0.0855. The second-order valence-corrected chi connectivity index (χ2v) is 4.60. The molecule has 0 bridgehead atoms. The number of carbonyl (C=O) groups excluding carboxylic acids is 1. The highest BCUT2D eigenvalue weighted by Crippen LogP contribution is 2.30. The summed E-state index contributed by atoms with van der Waals surface area (Å²) in [6.45, 7) is 0. The van der Waals surface area contributed by atoms with E-state index in [1.165, 1.54) is 11.3 Å². The highest BCUT2D eigenvalue weighted by Gasteiger charge is 2.25. The number of carbonyl (C=O) groups is 1. The number of thioether (sulfide) groups is 1. The van der Waals surface area contributed by atoms with Crippen molar-refractivity contribution >= 4 is 17.5 Å². The molecule has 1 aromatic carbocycles. The zero-order chi connectivity index (χ0) is 9.97. The van der Waals surface area contributed by atoms with Gasteiger partial charge in [-0.2, -0.15) is 0 Å². The highest BCUT2D eigenvalue weighted by atomic mass is 32.2. The number of hydrogen-bond acceptors (Lipinski definition) is 2. The quantitative estimate of drug-likeness (QED) is 0.557. The second kappa shape index (κ2) is 4.18. The summed E-state index contributed by atoms with van der Waals surface area (Å²) >= 11 is 1.71. The van der Waals surface area contributed by atoms with Gasteiger partial charge < -0.3 is 0 Å². The Morgan fingerprint density at radius 2 is 1.93 bits per heavy atom. The maximum atomic E-state index is 11.8. The lowest BCUT2D eigenvalue weighted by atomic mass is 9.80. The summed E-state index contributed by atoms with van der Waals surface area (Å²) in [4.78, 5) is 13.0. The van der Waals surface area contributed by atoms with Crippen molar-refractivity contribution in [2.24, 2.45) is 5.92 Å². The van der Waals surface area contributed by atoms with Crippen molar-refractivity contribution in [2.75, 3.05) is 6.26 Å². The predicted octanol–water partition coefficient (Wildman–Crippen LogP) is 3.39. The van der Waals surface area contributed by atoms with Crippen LogP contribution in [0.3, 0.4) is 0 Å². The molecule has 1 aliphatic carbocycles. The van der Waals surface area contributed by atoms with Gasteiger partial charge in [-0.15, -0.1) is 11.8 Å². The van der Waals surface area contributed by atoms with Gasteiger partial charge in [0.15, 0.2) is 5.78 Å². The van der Waals surface area contributed by atoms with Gasteiger partial charge in [-0.3, -0.25) is 4.79 Å². The molecule has 0 aliphatic heterocycles. The Hall–Kier alpha value is -0.760. The van der Waals surface area contributed by atoms with Crippen molar-refractivity contribution in [1.29, 1.82) is 0 Å². The molecule has 0 radical (unpaired) electrons. The smallest absolute Gasteiger partial charge is 0.165 e. The van der Waals surface area contributed by atoms with Crippen molar-refractivity contribution in [3.63, 3.8) is 0 Å². The fourth-order valence-electron chi connectivity index (χ4n) is 1.66. The van der Waals surface area contributed by atoms with Gasteiger partial charge in [0.2, 0.25) is 0 Å². The van der Waals surface area contributed by atoms with Gasteiger partial charge in [0, 0.05) is 16.4 Å². The molecular formula is C12H14OS. The molecule has 14 heavy (non-hydrogen) atoms. The van der Waals surface area contributed by atoms with Gasteiger partial charge >= 0.3 is 0 Å². The molecule has 0 amide bonds. The highest BCUT2D eigenvalue weighted by molar-refractivity contribution is 7.98. The molecule has 1 aromatic rings. The minimum atomic E-state index is 0.315. The molecule has 0 atom stereocenters. The van der Waals surface area contributed by atoms with Crippen LogP contribution < -0.4 is 0 Å². The number of rotatable bonds is 3. The van der Waals surface area contributed by atoms with Crippen molar-refractivity contribution in [1.82, 2.24) is 0 Å². The Kier molecular flexibility index (Phi) is 2.92. The Morgan fingerprint density at radius 1 is 1.29 bits per heavy atom. The first kappa shape index (κ1) is 9.78. The molecule has 2 heteroatoms. The summed E-state index contributed by atoms with van der Waals surface area (Å²) in [5, 5.41) is 0. The molecule has 1 saturated carbocycles. The Labute approximate surface area is 88.9 Å². The molecule has 0 spiro atoms. The summed E-state index contributed by atoms with van der Waals surface area (Å²) < 4.78 is 0. The summed E-state index contributed by atoms with van der Waals surface area (Å²) in [7, 11) is 0. The molecule has 1 aliphatic rings. The first-order valence-corrected chi connectivity index (χ1v) is 6.22. The fraction of sp³-hybridized carbons (Fsp3) is 0.417. The van der Waals surface area contributed by atoms with Gasteiger partial charge in [0.05, 0.1) is 0 Å². The van der Waals surface area contributed by atoms with E-state index in [9.17, 15) is 4.79 Å². The number of ketones is 1. The summed E-state index contributed by atoms with van der Waals surface area (Å²) in [5.74, 6) is 0.652. The lowest BCUT2D eigenvalue weighted by Gasteiger charge is -2.23. The first-order valence-electron chi connectivity index (χ1n) is 4.99. The maximum Gasteiger partial charge on any atom is 0.165 e. The normalized spacial score (nSPS) is 16.4. The van der Waals surface area contributed by atoms with Gasteiger partial charge in [0.1, 0.15) is 0 Å². The third-order valence-electron chi connectivity index (χ3n) is 2.85. The standard InChI is InChI=1S/C12H14OS/c1-14-11-7-5-10(6-8-11)12(13)9-3-2-4-9/h5-9H,2-4H2,1H3. The van der Waals surface area contributed by atoms with Crippen LogP contribution in [0.15, 0.2) is 29.2 Å². The van der Waals surface area contributed by atoms with Crippen LogP contribution in [-0.2, 0) is 0 Å². The van der Waals surface area contributed by atoms with Crippen LogP contribution in [0.1, 0.15) is 29.6 Å². The van der Waals surface area contributed by atoms with Crippen LogP contribution in [0.25, 0.3) is 0 Å². The minimum Gasteiger partial charge on any atom is -0.294 e. The average Bonchev–Trinajstić information content (AvgIpc) is 2.15. The van der Waals surface area contributed by atoms with Gasteiger partial charge in [0.25, 0.3) is 0 Å². The van der Waals surface area contributed by atoms with E-state index in [-0.39, 0.29) is 0 Å². The van der Waals surface area contributed by atoms with Crippen molar-refractivity contribution < 1.29 is 4.79 Å². The number of hydrogen-bond donors (Lipinski definition) is 0. The van der Waals surface area contributed by atoms with Crippen molar-refractivity contribution in [3.8, 4) is 0 Å².